The van der Waals surface area contributed by atoms with E-state index in [9.17, 15) is 4.79 Å². The number of carbonyl (C=O) groups excluding carboxylic acids is 1. The van der Waals surface area contributed by atoms with Crippen molar-refractivity contribution in [2.45, 2.75) is 0 Å². The van der Waals surface area contributed by atoms with Crippen LogP contribution >= 0.6 is 0 Å². The molecule has 0 aliphatic heterocycles. The molecule has 84 valence electrons. The van der Waals surface area contributed by atoms with Crippen molar-refractivity contribution in [1.29, 1.82) is 0 Å². The fourth-order valence-electron chi connectivity index (χ4n) is 1.23. The number of hydrogen-bond acceptors (Lipinski definition) is 5. The van der Waals surface area contributed by atoms with Crippen molar-refractivity contribution < 1.29 is 9.42 Å². The number of nitrogens with one attached hydrogen (secondary N) is 1. The van der Waals surface area contributed by atoms with Gasteiger partial charge in [-0.1, -0.05) is 12.0 Å². The minimum absolute atomic E-state index is 0.0592. The number of carbonyl (C=O) groups is 1. The summed E-state index contributed by atoms with van der Waals surface area (Å²) in [7, 11) is 0. The van der Waals surface area contributed by atoms with E-state index in [0.717, 1.165) is 0 Å². The second-order valence-electron chi connectivity index (χ2n) is 3.18. The lowest BCUT2D eigenvalue weighted by atomic mass is 10.2. The Morgan fingerprint density at radius 2 is 2.29 bits per heavy atom. The fraction of sp³-hybridized carbons (Fsp3) is 0. The lowest BCUT2D eigenvalue weighted by molar-refractivity contribution is 0.101. The molecule has 3 N–H and O–H groups in total. The maximum atomic E-state index is 11.7. The monoisotopic (exact) mass is 228 g/mol. The third-order valence-electron chi connectivity index (χ3n) is 2.02. The van der Waals surface area contributed by atoms with E-state index in [1.807, 2.05) is 0 Å². The summed E-state index contributed by atoms with van der Waals surface area (Å²) in [5.74, 6) is 1.90. The summed E-state index contributed by atoms with van der Waals surface area (Å²) in [6, 6.07) is 6.83. The highest BCUT2D eigenvalue weighted by atomic mass is 16.6. The van der Waals surface area contributed by atoms with E-state index in [0.29, 0.717) is 11.3 Å². The van der Waals surface area contributed by atoms with Gasteiger partial charge in [-0.3, -0.25) is 4.79 Å². The van der Waals surface area contributed by atoms with Crippen molar-refractivity contribution in [3.63, 3.8) is 0 Å². The summed E-state index contributed by atoms with van der Waals surface area (Å²) in [6.45, 7) is 0. The molecule has 6 heteroatoms. The van der Waals surface area contributed by atoms with Crippen LogP contribution in [0.25, 0.3) is 0 Å². The standard InChI is InChI=1S/C11H8N4O2/c1-2-7-4-3-5-8(6-7)13-11(16)9-10(12)15-17-14-9/h1,3-6H,(H2,12,15)(H,13,16). The molecule has 1 heterocycles. The number of nitrogen functional groups attached to an aromatic ring is 1. The molecule has 0 aliphatic rings. The van der Waals surface area contributed by atoms with Gasteiger partial charge in [-0.05, 0) is 28.5 Å². The van der Waals surface area contributed by atoms with Gasteiger partial charge in [0, 0.05) is 11.3 Å². The van der Waals surface area contributed by atoms with Crippen molar-refractivity contribution in [1.82, 2.24) is 10.3 Å². The van der Waals surface area contributed by atoms with Gasteiger partial charge in [0.1, 0.15) is 0 Å². The highest BCUT2D eigenvalue weighted by Crippen LogP contribution is 2.12. The number of amides is 1. The van der Waals surface area contributed by atoms with Gasteiger partial charge in [0.15, 0.2) is 0 Å². The van der Waals surface area contributed by atoms with Crippen LogP contribution in [0.2, 0.25) is 0 Å². The fourth-order valence-corrected chi connectivity index (χ4v) is 1.23. The van der Waals surface area contributed by atoms with Gasteiger partial charge in [0.25, 0.3) is 5.91 Å². The first-order valence-corrected chi connectivity index (χ1v) is 4.67. The summed E-state index contributed by atoms with van der Waals surface area (Å²) in [5.41, 5.74) is 6.54. The van der Waals surface area contributed by atoms with E-state index in [2.05, 4.69) is 26.2 Å². The normalized spacial score (nSPS) is 9.59. The smallest absolute Gasteiger partial charge is 0.281 e. The number of anilines is 2. The van der Waals surface area contributed by atoms with E-state index >= 15 is 0 Å². The van der Waals surface area contributed by atoms with E-state index < -0.39 is 5.91 Å². The Bertz CT molecular complexity index is 598. The van der Waals surface area contributed by atoms with Gasteiger partial charge in [-0.25, -0.2) is 4.63 Å². The van der Waals surface area contributed by atoms with Gasteiger partial charge >= 0.3 is 0 Å². The Hall–Kier alpha value is -2.81. The molecule has 6 nitrogen and oxygen atoms in total. The minimum Gasteiger partial charge on any atom is -0.379 e. The van der Waals surface area contributed by atoms with Crippen molar-refractivity contribution >= 4 is 17.4 Å². The van der Waals surface area contributed by atoms with E-state index in [-0.39, 0.29) is 11.5 Å². The maximum absolute atomic E-state index is 11.7. The number of rotatable bonds is 2. The molecule has 0 bridgehead atoms. The van der Waals surface area contributed by atoms with Crippen LogP contribution < -0.4 is 11.1 Å². The van der Waals surface area contributed by atoms with Crippen molar-refractivity contribution in [2.24, 2.45) is 0 Å². The summed E-state index contributed by atoms with van der Waals surface area (Å²) in [4.78, 5) is 11.7. The first kappa shape index (κ1) is 10.7. The second-order valence-corrected chi connectivity index (χ2v) is 3.18. The Morgan fingerprint density at radius 1 is 1.47 bits per heavy atom. The summed E-state index contributed by atoms with van der Waals surface area (Å²) >= 11 is 0. The Balaban J connectivity index is 2.19. The molecule has 0 saturated heterocycles. The molecule has 0 radical (unpaired) electrons. The number of hydrogen-bond donors (Lipinski definition) is 2. The molecule has 1 aromatic heterocycles. The Labute approximate surface area is 96.8 Å². The molecular formula is C11H8N4O2. The topological polar surface area (TPSA) is 94.0 Å². The van der Waals surface area contributed by atoms with Crippen molar-refractivity contribution in [3.8, 4) is 12.3 Å². The van der Waals surface area contributed by atoms with Gasteiger partial charge in [0.2, 0.25) is 11.5 Å². The van der Waals surface area contributed by atoms with Crippen LogP contribution in [-0.4, -0.2) is 16.2 Å². The third kappa shape index (κ3) is 2.23. The van der Waals surface area contributed by atoms with Crippen LogP contribution in [0.5, 0.6) is 0 Å². The first-order valence-electron chi connectivity index (χ1n) is 4.67. The van der Waals surface area contributed by atoms with Gasteiger partial charge < -0.3 is 11.1 Å². The van der Waals surface area contributed by atoms with Gasteiger partial charge in [0.05, 0.1) is 0 Å². The van der Waals surface area contributed by atoms with E-state index in [1.165, 1.54) is 0 Å². The highest BCUT2D eigenvalue weighted by molar-refractivity contribution is 6.05. The Kier molecular flexibility index (Phi) is 2.75. The van der Waals surface area contributed by atoms with Crippen molar-refractivity contribution in [2.75, 3.05) is 11.1 Å². The first-order chi connectivity index (χ1) is 8.20. The quantitative estimate of drug-likeness (QED) is 0.744. The molecule has 0 aliphatic carbocycles. The lowest BCUT2D eigenvalue weighted by Crippen LogP contribution is -2.14. The molecule has 2 aromatic rings. The number of benzene rings is 1. The predicted octanol–water partition coefficient (Wildman–Crippen LogP) is 0.885. The minimum atomic E-state index is -0.502. The van der Waals surface area contributed by atoms with Crippen LogP contribution in [0, 0.1) is 12.3 Å². The molecule has 0 spiro atoms. The van der Waals surface area contributed by atoms with Crippen LogP contribution in [-0.2, 0) is 0 Å². The summed E-state index contributed by atoms with van der Waals surface area (Å²) in [5, 5.41) is 9.29. The van der Waals surface area contributed by atoms with E-state index in [4.69, 9.17) is 12.2 Å². The zero-order valence-electron chi connectivity index (χ0n) is 8.68. The van der Waals surface area contributed by atoms with Crippen molar-refractivity contribution in [3.05, 3.63) is 35.5 Å². The number of aromatic nitrogens is 2. The van der Waals surface area contributed by atoms with Gasteiger partial charge in [-0.2, -0.15) is 0 Å². The zero-order valence-corrected chi connectivity index (χ0v) is 8.68. The largest absolute Gasteiger partial charge is 0.379 e. The molecular weight excluding hydrogens is 220 g/mol. The molecule has 17 heavy (non-hydrogen) atoms. The van der Waals surface area contributed by atoms with Crippen LogP contribution in [0.3, 0.4) is 0 Å². The van der Waals surface area contributed by atoms with Gasteiger partial charge in [-0.15, -0.1) is 6.42 Å². The molecule has 1 aromatic carbocycles. The third-order valence-corrected chi connectivity index (χ3v) is 2.02. The highest BCUT2D eigenvalue weighted by Gasteiger charge is 2.15. The maximum Gasteiger partial charge on any atom is 0.281 e. The lowest BCUT2D eigenvalue weighted by Gasteiger charge is -2.02. The summed E-state index contributed by atoms with van der Waals surface area (Å²) in [6.07, 6.45) is 5.25. The van der Waals surface area contributed by atoms with Crippen LogP contribution in [0.15, 0.2) is 28.9 Å². The van der Waals surface area contributed by atoms with Crippen LogP contribution in [0.1, 0.15) is 16.1 Å². The average molecular weight is 228 g/mol. The summed E-state index contributed by atoms with van der Waals surface area (Å²) < 4.78 is 4.33. The number of terminal acetylenes is 1. The SMILES string of the molecule is C#Cc1cccc(NC(=O)c2nonc2N)c1. The Morgan fingerprint density at radius 3 is 2.94 bits per heavy atom. The molecule has 1 amide bonds. The molecule has 2 rings (SSSR count). The average Bonchev–Trinajstić information content (AvgIpc) is 2.76. The zero-order chi connectivity index (χ0) is 12.3. The predicted molar refractivity (Wildman–Crippen MR) is 61.0 cm³/mol. The van der Waals surface area contributed by atoms with E-state index in [1.54, 1.807) is 24.3 Å². The van der Waals surface area contributed by atoms with Crippen LogP contribution in [0.4, 0.5) is 11.5 Å². The number of nitrogens with two attached hydrogens (primary N) is 1. The molecule has 0 unspecified atom stereocenters. The molecule has 0 saturated carbocycles. The molecule has 0 atom stereocenters. The second kappa shape index (κ2) is 4.37. The molecule has 0 fully saturated rings. The number of nitrogens with zero attached hydrogens (tertiary/aromatic N) is 2.